The molecule has 0 N–H and O–H groups in total. The summed E-state index contributed by atoms with van der Waals surface area (Å²) in [6, 6.07) is 7.57. The maximum absolute atomic E-state index is 12.9. The van der Waals surface area contributed by atoms with E-state index in [1.165, 1.54) is 10.0 Å². The molecule has 0 aliphatic heterocycles. The summed E-state index contributed by atoms with van der Waals surface area (Å²) in [4.78, 5) is 2.23. The number of rotatable bonds is 6. The first-order chi connectivity index (χ1) is 10.9. The maximum Gasteiger partial charge on any atom is 0.268 e. The summed E-state index contributed by atoms with van der Waals surface area (Å²) in [5, 5.41) is 0.944. The number of fused-ring (bicyclic) bond motifs is 1. The Bertz CT molecular complexity index is 872. The Labute approximate surface area is 138 Å². The Balaban J connectivity index is 2.63. The average molecular weight is 330 g/mol. The lowest BCUT2D eigenvalue weighted by molar-refractivity contribution is 0.404. The van der Waals surface area contributed by atoms with Crippen LogP contribution in [-0.2, 0) is 16.6 Å². The molecule has 0 saturated carbocycles. The van der Waals surface area contributed by atoms with Crippen LogP contribution >= 0.6 is 0 Å². The minimum absolute atomic E-state index is 0.172. The van der Waals surface area contributed by atoms with E-state index in [4.69, 9.17) is 0 Å². The van der Waals surface area contributed by atoms with E-state index in [0.717, 1.165) is 17.5 Å². The third-order valence-corrected chi connectivity index (χ3v) is 5.22. The lowest BCUT2D eigenvalue weighted by Gasteiger charge is -2.12. The maximum atomic E-state index is 12.9. The molecule has 1 aromatic heterocycles. The summed E-state index contributed by atoms with van der Waals surface area (Å²) in [6.07, 6.45) is 7.99. The van der Waals surface area contributed by atoms with Crippen LogP contribution in [0.25, 0.3) is 10.9 Å². The molecule has 0 atom stereocenters. The predicted molar refractivity (Wildman–Crippen MR) is 96.7 cm³/mol. The van der Waals surface area contributed by atoms with Crippen molar-refractivity contribution < 1.29 is 8.42 Å². The molecule has 0 radical (unpaired) electrons. The highest BCUT2D eigenvalue weighted by molar-refractivity contribution is 7.94. The minimum Gasteiger partial charge on any atom is -0.305 e. The minimum atomic E-state index is -3.66. The van der Waals surface area contributed by atoms with Crippen molar-refractivity contribution in [1.29, 1.82) is 0 Å². The quantitative estimate of drug-likeness (QED) is 0.761. The van der Waals surface area contributed by atoms with Gasteiger partial charge in [-0.3, -0.25) is 0 Å². The van der Waals surface area contributed by atoms with Crippen LogP contribution in [0.15, 0.2) is 66.3 Å². The van der Waals surface area contributed by atoms with Crippen molar-refractivity contribution in [3.63, 3.8) is 0 Å². The average Bonchev–Trinajstić information content (AvgIpc) is 2.93. The van der Waals surface area contributed by atoms with Crippen LogP contribution in [0.5, 0.6) is 0 Å². The van der Waals surface area contributed by atoms with E-state index in [0.29, 0.717) is 5.52 Å². The lowest BCUT2D eigenvalue weighted by Crippen LogP contribution is -2.13. The first-order valence-electron chi connectivity index (χ1n) is 7.36. The van der Waals surface area contributed by atoms with Gasteiger partial charge in [0.25, 0.3) is 10.0 Å². The zero-order chi connectivity index (χ0) is 17.0. The first kappa shape index (κ1) is 17.2. The van der Waals surface area contributed by atoms with Gasteiger partial charge in [0.05, 0.1) is 10.4 Å². The van der Waals surface area contributed by atoms with Gasteiger partial charge >= 0.3 is 0 Å². The summed E-state index contributed by atoms with van der Waals surface area (Å²) in [7, 11) is 0.320. The molecule has 5 heteroatoms. The highest BCUT2D eigenvalue weighted by Gasteiger charge is 2.19. The normalized spacial score (nSPS) is 13.3. The van der Waals surface area contributed by atoms with E-state index in [1.807, 2.05) is 45.3 Å². The lowest BCUT2D eigenvalue weighted by atomic mass is 10.1. The summed E-state index contributed by atoms with van der Waals surface area (Å²) in [5.41, 5.74) is 1.77. The Morgan fingerprint density at radius 3 is 2.65 bits per heavy atom. The van der Waals surface area contributed by atoms with Crippen molar-refractivity contribution in [2.24, 2.45) is 0 Å². The van der Waals surface area contributed by atoms with Crippen LogP contribution in [-0.4, -0.2) is 31.4 Å². The van der Waals surface area contributed by atoms with Gasteiger partial charge in [0.1, 0.15) is 0 Å². The van der Waals surface area contributed by atoms with Gasteiger partial charge in [-0.1, -0.05) is 30.9 Å². The molecule has 0 bridgehead atoms. The highest BCUT2D eigenvalue weighted by Crippen LogP contribution is 2.25. The van der Waals surface area contributed by atoms with Crippen molar-refractivity contribution in [3.05, 3.63) is 71.8 Å². The molecule has 0 aliphatic rings. The largest absolute Gasteiger partial charge is 0.305 e. The van der Waals surface area contributed by atoms with Crippen molar-refractivity contribution >= 4 is 20.9 Å². The molecule has 1 heterocycles. The third kappa shape index (κ3) is 3.46. The zero-order valence-electron chi connectivity index (χ0n) is 13.7. The number of allylic oxidation sites excluding steroid dienone is 4. The third-order valence-electron chi connectivity index (χ3n) is 3.48. The Kier molecular flexibility index (Phi) is 5.23. The van der Waals surface area contributed by atoms with E-state index in [2.05, 4.69) is 11.5 Å². The molecular formula is C18H22N2O2S. The van der Waals surface area contributed by atoms with Gasteiger partial charge in [-0.2, -0.15) is 0 Å². The second kappa shape index (κ2) is 6.98. The predicted octanol–water partition coefficient (Wildman–Crippen LogP) is 3.53. The zero-order valence-corrected chi connectivity index (χ0v) is 14.5. The SMILES string of the molecule is C=C/C(=C\C=C/C)S(=O)(=O)n1ccc2c(CN(C)C)cccc21. The molecule has 4 nitrogen and oxygen atoms in total. The van der Waals surface area contributed by atoms with Crippen LogP contribution in [0.1, 0.15) is 12.5 Å². The molecule has 0 fully saturated rings. The molecule has 0 amide bonds. The Morgan fingerprint density at radius 1 is 1.30 bits per heavy atom. The smallest absolute Gasteiger partial charge is 0.268 e. The number of aromatic nitrogens is 1. The van der Waals surface area contributed by atoms with E-state index in [-0.39, 0.29) is 4.91 Å². The number of nitrogens with zero attached hydrogens (tertiary/aromatic N) is 2. The number of benzene rings is 1. The molecule has 0 aliphatic carbocycles. The van der Waals surface area contributed by atoms with Gasteiger partial charge in [-0.05, 0) is 50.9 Å². The Hall–Kier alpha value is -2.11. The van der Waals surface area contributed by atoms with Crippen LogP contribution in [0, 0.1) is 0 Å². The topological polar surface area (TPSA) is 42.3 Å². The number of hydrogen-bond donors (Lipinski definition) is 0. The van der Waals surface area contributed by atoms with Crippen LogP contribution in [0.2, 0.25) is 0 Å². The van der Waals surface area contributed by atoms with E-state index in [1.54, 1.807) is 24.4 Å². The molecule has 1 aromatic carbocycles. The second-order valence-electron chi connectivity index (χ2n) is 5.50. The summed E-state index contributed by atoms with van der Waals surface area (Å²) >= 11 is 0. The van der Waals surface area contributed by atoms with Gasteiger partial charge in [-0.25, -0.2) is 12.4 Å². The molecule has 0 unspecified atom stereocenters. The van der Waals surface area contributed by atoms with E-state index in [9.17, 15) is 8.42 Å². The molecule has 0 spiro atoms. The van der Waals surface area contributed by atoms with Crippen LogP contribution in [0.3, 0.4) is 0 Å². The fourth-order valence-corrected chi connectivity index (χ4v) is 3.79. The molecule has 23 heavy (non-hydrogen) atoms. The molecule has 2 aromatic rings. The fraction of sp³-hybridized carbons (Fsp3) is 0.222. The molecular weight excluding hydrogens is 308 g/mol. The standard InChI is InChI=1S/C18H22N2O2S/c1-5-7-10-16(6-2)23(21,22)20-13-12-17-15(14-19(3)4)9-8-11-18(17)20/h5-13H,2,14H2,1,3-4H3/b7-5-,16-10+. The molecule has 0 saturated heterocycles. The first-order valence-corrected chi connectivity index (χ1v) is 8.80. The molecule has 122 valence electrons. The van der Waals surface area contributed by atoms with Crippen molar-refractivity contribution in [2.75, 3.05) is 14.1 Å². The fourth-order valence-electron chi connectivity index (χ4n) is 2.46. The van der Waals surface area contributed by atoms with Gasteiger partial charge in [0.2, 0.25) is 0 Å². The monoisotopic (exact) mass is 330 g/mol. The van der Waals surface area contributed by atoms with Gasteiger partial charge < -0.3 is 4.90 Å². The molecule has 2 rings (SSSR count). The summed E-state index contributed by atoms with van der Waals surface area (Å²) < 4.78 is 27.0. The second-order valence-corrected chi connectivity index (χ2v) is 7.32. The highest BCUT2D eigenvalue weighted by atomic mass is 32.2. The van der Waals surface area contributed by atoms with Crippen molar-refractivity contribution in [1.82, 2.24) is 8.87 Å². The van der Waals surface area contributed by atoms with Crippen LogP contribution < -0.4 is 0 Å². The van der Waals surface area contributed by atoms with Crippen LogP contribution in [0.4, 0.5) is 0 Å². The van der Waals surface area contributed by atoms with E-state index >= 15 is 0 Å². The number of hydrogen-bond acceptors (Lipinski definition) is 3. The van der Waals surface area contributed by atoms with Gasteiger partial charge in [0, 0.05) is 18.1 Å². The summed E-state index contributed by atoms with van der Waals surface area (Å²) in [5.74, 6) is 0. The van der Waals surface area contributed by atoms with Gasteiger partial charge in [0.15, 0.2) is 0 Å². The van der Waals surface area contributed by atoms with Gasteiger partial charge in [-0.15, -0.1) is 0 Å². The Morgan fingerprint density at radius 2 is 2.04 bits per heavy atom. The summed E-state index contributed by atoms with van der Waals surface area (Å²) in [6.45, 7) is 6.22. The van der Waals surface area contributed by atoms with E-state index < -0.39 is 10.0 Å². The van der Waals surface area contributed by atoms with Crippen molar-refractivity contribution in [2.45, 2.75) is 13.5 Å². The van der Waals surface area contributed by atoms with Crippen molar-refractivity contribution in [3.8, 4) is 0 Å².